The molecule has 0 saturated heterocycles. The highest BCUT2D eigenvalue weighted by Gasteiger charge is 2.30. The van der Waals surface area contributed by atoms with Crippen LogP contribution in [0.1, 0.15) is 29.8 Å². The predicted octanol–water partition coefficient (Wildman–Crippen LogP) is 4.98. The minimum Gasteiger partial charge on any atom is -0.354 e. The van der Waals surface area contributed by atoms with Crippen molar-refractivity contribution in [1.82, 2.24) is 15.5 Å². The molecule has 6 nitrogen and oxygen atoms in total. The third-order valence-corrected chi connectivity index (χ3v) is 4.09. The van der Waals surface area contributed by atoms with E-state index in [0.29, 0.717) is 0 Å². The first-order chi connectivity index (χ1) is 15.0. The molecule has 3 rings (SSSR count). The van der Waals surface area contributed by atoms with Gasteiger partial charge < -0.3 is 10.6 Å². The number of H-pyrrole nitrogens is 1. The molecule has 32 heavy (non-hydrogen) atoms. The molecule has 0 aliphatic heterocycles. The fourth-order valence-electron chi connectivity index (χ4n) is 2.70. The summed E-state index contributed by atoms with van der Waals surface area (Å²) >= 11 is 0. The molecule has 1 aromatic heterocycles. The Labute approximate surface area is 179 Å². The van der Waals surface area contributed by atoms with Crippen molar-refractivity contribution in [2.75, 3.05) is 5.32 Å². The summed E-state index contributed by atoms with van der Waals surface area (Å²) in [6.07, 6.45) is -4.51. The van der Waals surface area contributed by atoms with Gasteiger partial charge in [-0.25, -0.2) is 8.78 Å². The first-order valence-electron chi connectivity index (χ1n) is 9.37. The molecular formula is C21H18F5N5O. The van der Waals surface area contributed by atoms with Crippen LogP contribution in [0, 0.1) is 11.6 Å². The zero-order chi connectivity index (χ0) is 23.5. The molecule has 3 aromatic rings. The van der Waals surface area contributed by atoms with Gasteiger partial charge in [-0.3, -0.25) is 9.89 Å². The summed E-state index contributed by atoms with van der Waals surface area (Å²) in [5, 5.41) is 12.3. The second-order valence-corrected chi connectivity index (χ2v) is 7.09. The number of aromatic nitrogens is 2. The number of rotatable bonds is 4. The number of guanidine groups is 1. The van der Waals surface area contributed by atoms with E-state index in [-0.39, 0.29) is 34.6 Å². The summed E-state index contributed by atoms with van der Waals surface area (Å²) in [4.78, 5) is 16.3. The number of carbonyl (C=O) groups is 1. The average Bonchev–Trinajstić information content (AvgIpc) is 3.14. The maximum atomic E-state index is 13.4. The second-order valence-electron chi connectivity index (χ2n) is 7.09. The molecular weight excluding hydrogens is 433 g/mol. The van der Waals surface area contributed by atoms with Crippen LogP contribution in [-0.2, 0) is 6.18 Å². The Bertz CT molecular complexity index is 1120. The SMILES string of the molecule is CC(C)N/C(=N/C(=O)c1ccc(C(F)(F)F)cc1)Nc1cc(-c2cc(F)cc(F)c2)n[nH]1. The molecule has 0 radical (unpaired) electrons. The van der Waals surface area contributed by atoms with Crippen molar-refractivity contribution in [2.24, 2.45) is 4.99 Å². The maximum Gasteiger partial charge on any atom is 0.416 e. The van der Waals surface area contributed by atoms with Crippen LogP contribution >= 0.6 is 0 Å². The summed E-state index contributed by atoms with van der Waals surface area (Å²) < 4.78 is 65.0. The largest absolute Gasteiger partial charge is 0.416 e. The predicted molar refractivity (Wildman–Crippen MR) is 109 cm³/mol. The van der Waals surface area contributed by atoms with Crippen LogP contribution in [0.15, 0.2) is 53.5 Å². The monoisotopic (exact) mass is 451 g/mol. The Morgan fingerprint density at radius 2 is 1.66 bits per heavy atom. The lowest BCUT2D eigenvalue weighted by atomic mass is 10.1. The van der Waals surface area contributed by atoms with E-state index in [1.807, 2.05) is 0 Å². The van der Waals surface area contributed by atoms with Gasteiger partial charge in [-0.1, -0.05) is 0 Å². The summed E-state index contributed by atoms with van der Waals surface area (Å²) in [7, 11) is 0. The topological polar surface area (TPSA) is 82.2 Å². The lowest BCUT2D eigenvalue weighted by Crippen LogP contribution is -2.36. The number of aliphatic imine (C=N–C) groups is 1. The maximum absolute atomic E-state index is 13.4. The van der Waals surface area contributed by atoms with Crippen molar-refractivity contribution in [3.05, 3.63) is 71.3 Å². The molecule has 2 aromatic carbocycles. The second kappa shape index (κ2) is 9.16. The molecule has 0 unspecified atom stereocenters. The van der Waals surface area contributed by atoms with E-state index in [0.717, 1.165) is 42.5 Å². The molecule has 3 N–H and O–H groups in total. The normalized spacial score (nSPS) is 12.2. The zero-order valence-electron chi connectivity index (χ0n) is 16.9. The fourth-order valence-corrected chi connectivity index (χ4v) is 2.70. The van der Waals surface area contributed by atoms with Crippen LogP contribution in [-0.4, -0.2) is 28.1 Å². The highest BCUT2D eigenvalue weighted by Crippen LogP contribution is 2.29. The minimum atomic E-state index is -4.51. The number of benzene rings is 2. The molecule has 0 saturated carbocycles. The Balaban J connectivity index is 1.82. The van der Waals surface area contributed by atoms with Gasteiger partial charge in [0.1, 0.15) is 17.5 Å². The van der Waals surface area contributed by atoms with E-state index >= 15 is 0 Å². The number of amides is 1. The Morgan fingerprint density at radius 3 is 2.22 bits per heavy atom. The molecule has 1 heterocycles. The molecule has 0 aliphatic carbocycles. The number of anilines is 1. The Morgan fingerprint density at radius 1 is 1.03 bits per heavy atom. The number of hydrogen-bond acceptors (Lipinski definition) is 2. The van der Waals surface area contributed by atoms with Crippen LogP contribution in [0.4, 0.5) is 27.8 Å². The van der Waals surface area contributed by atoms with Crippen molar-refractivity contribution < 1.29 is 26.7 Å². The number of nitrogens with one attached hydrogen (secondary N) is 3. The van der Waals surface area contributed by atoms with Crippen LogP contribution in [0.3, 0.4) is 0 Å². The van der Waals surface area contributed by atoms with Crippen molar-refractivity contribution in [2.45, 2.75) is 26.1 Å². The van der Waals surface area contributed by atoms with Crippen molar-refractivity contribution >= 4 is 17.7 Å². The van der Waals surface area contributed by atoms with Gasteiger partial charge in [-0.05, 0) is 50.2 Å². The van der Waals surface area contributed by atoms with Crippen molar-refractivity contribution in [3.8, 4) is 11.3 Å². The van der Waals surface area contributed by atoms with E-state index in [9.17, 15) is 26.7 Å². The lowest BCUT2D eigenvalue weighted by Gasteiger charge is -2.13. The van der Waals surface area contributed by atoms with Crippen molar-refractivity contribution in [1.29, 1.82) is 0 Å². The quantitative estimate of drug-likeness (QED) is 0.297. The van der Waals surface area contributed by atoms with E-state index in [2.05, 4.69) is 25.8 Å². The number of carbonyl (C=O) groups excluding carboxylic acids is 1. The summed E-state index contributed by atoms with van der Waals surface area (Å²) in [6.45, 7) is 3.57. The van der Waals surface area contributed by atoms with E-state index in [1.54, 1.807) is 13.8 Å². The Kier molecular flexibility index (Phi) is 6.56. The third-order valence-electron chi connectivity index (χ3n) is 4.09. The van der Waals surface area contributed by atoms with Crippen molar-refractivity contribution in [3.63, 3.8) is 0 Å². The van der Waals surface area contributed by atoms with E-state index in [1.165, 1.54) is 6.07 Å². The van der Waals surface area contributed by atoms with Crippen LogP contribution in [0.2, 0.25) is 0 Å². The average molecular weight is 451 g/mol. The Hall–Kier alpha value is -3.76. The fraction of sp³-hybridized carbons (Fsp3) is 0.190. The summed E-state index contributed by atoms with van der Waals surface area (Å²) in [6, 6.07) is 7.92. The third kappa shape index (κ3) is 5.90. The minimum absolute atomic E-state index is 0.00511. The molecule has 0 atom stereocenters. The van der Waals surface area contributed by atoms with Crippen LogP contribution in [0.25, 0.3) is 11.3 Å². The van der Waals surface area contributed by atoms with Gasteiger partial charge in [0.15, 0.2) is 0 Å². The van der Waals surface area contributed by atoms with Crippen LogP contribution < -0.4 is 10.6 Å². The van der Waals surface area contributed by atoms with E-state index < -0.39 is 29.3 Å². The van der Waals surface area contributed by atoms with Gasteiger partial charge in [-0.2, -0.15) is 23.3 Å². The number of nitrogens with zero attached hydrogens (tertiary/aromatic N) is 2. The van der Waals surface area contributed by atoms with Gasteiger partial charge in [0, 0.05) is 29.3 Å². The highest BCUT2D eigenvalue weighted by atomic mass is 19.4. The highest BCUT2D eigenvalue weighted by molar-refractivity contribution is 6.06. The van der Waals surface area contributed by atoms with Gasteiger partial charge >= 0.3 is 6.18 Å². The summed E-state index contributed by atoms with van der Waals surface area (Å²) in [5.74, 6) is -2.03. The number of alkyl halides is 3. The molecule has 1 amide bonds. The molecule has 0 bridgehead atoms. The molecule has 168 valence electrons. The molecule has 0 aliphatic rings. The van der Waals surface area contributed by atoms with Gasteiger partial charge in [-0.15, -0.1) is 0 Å². The first kappa shape index (κ1) is 22.9. The summed E-state index contributed by atoms with van der Waals surface area (Å²) in [5.41, 5.74) is -0.481. The zero-order valence-corrected chi connectivity index (χ0v) is 16.9. The van der Waals surface area contributed by atoms with E-state index in [4.69, 9.17) is 0 Å². The number of aromatic amines is 1. The first-order valence-corrected chi connectivity index (χ1v) is 9.37. The molecule has 11 heteroatoms. The molecule has 0 spiro atoms. The molecule has 0 fully saturated rings. The number of hydrogen-bond donors (Lipinski definition) is 3. The smallest absolute Gasteiger partial charge is 0.354 e. The number of halogens is 5. The standard InChI is InChI=1S/C21H18F5N5O/c1-11(2)27-20(29-19(32)12-3-5-14(6-4-12)21(24,25)26)28-18-10-17(30-31-18)13-7-15(22)9-16(23)8-13/h3-11H,1-2H3,(H3,27,28,29,30,31,32). The van der Waals surface area contributed by atoms with Gasteiger partial charge in [0.2, 0.25) is 5.96 Å². The van der Waals surface area contributed by atoms with Gasteiger partial charge in [0.25, 0.3) is 5.91 Å². The van der Waals surface area contributed by atoms with Gasteiger partial charge in [0.05, 0.1) is 11.3 Å². The lowest BCUT2D eigenvalue weighted by molar-refractivity contribution is -0.137. The van der Waals surface area contributed by atoms with Crippen LogP contribution in [0.5, 0.6) is 0 Å².